The topological polar surface area (TPSA) is 80.7 Å². The molecular formula is C16H12F6O5S. The highest BCUT2D eigenvalue weighted by Gasteiger charge is 2.76. The summed E-state index contributed by atoms with van der Waals surface area (Å²) in [5, 5.41) is 0.895. The number of rotatable bonds is 4. The van der Waals surface area contributed by atoms with E-state index >= 15 is 0 Å². The van der Waals surface area contributed by atoms with Crippen LogP contribution < -0.4 is 0 Å². The summed E-state index contributed by atoms with van der Waals surface area (Å²) in [6.45, 7) is 1.75. The second kappa shape index (κ2) is 6.92. The molecule has 0 atom stereocenters. The minimum absolute atomic E-state index is 0.333. The van der Waals surface area contributed by atoms with Crippen LogP contribution in [0.25, 0.3) is 10.8 Å². The quantitative estimate of drug-likeness (QED) is 0.450. The van der Waals surface area contributed by atoms with Gasteiger partial charge < -0.3 is 4.74 Å². The molecule has 0 unspecified atom stereocenters. The van der Waals surface area contributed by atoms with Crippen LogP contribution >= 0.6 is 0 Å². The van der Waals surface area contributed by atoms with Crippen LogP contribution in [0.4, 0.5) is 26.3 Å². The van der Waals surface area contributed by atoms with Crippen LogP contribution in [0.3, 0.4) is 0 Å². The van der Waals surface area contributed by atoms with Crippen molar-refractivity contribution in [1.29, 1.82) is 0 Å². The van der Waals surface area contributed by atoms with Gasteiger partial charge in [0.2, 0.25) is 0 Å². The zero-order chi connectivity index (χ0) is 21.5. The lowest BCUT2D eigenvalue weighted by molar-refractivity contribution is -0.356. The van der Waals surface area contributed by atoms with Crippen molar-refractivity contribution in [2.24, 2.45) is 0 Å². The zero-order valence-electron chi connectivity index (χ0n) is 13.9. The number of esters is 1. The maximum Gasteiger partial charge on any atom is 0.438 e. The Hall–Kier alpha value is -2.34. The molecule has 0 bridgehead atoms. The van der Waals surface area contributed by atoms with Gasteiger partial charge in [-0.2, -0.15) is 34.8 Å². The number of fused-ring (bicyclic) bond motifs is 1. The average Bonchev–Trinajstić information content (AvgIpc) is 2.50. The summed E-state index contributed by atoms with van der Waals surface area (Å²) in [4.78, 5) is 12.1. The van der Waals surface area contributed by atoms with Crippen molar-refractivity contribution in [1.82, 2.24) is 0 Å². The summed E-state index contributed by atoms with van der Waals surface area (Å²) in [6.07, 6.45) is -12.7. The Morgan fingerprint density at radius 2 is 1.46 bits per heavy atom. The predicted octanol–water partition coefficient (Wildman–Crippen LogP) is 4.06. The monoisotopic (exact) mass is 430 g/mol. The van der Waals surface area contributed by atoms with E-state index in [0.717, 1.165) is 17.7 Å². The molecule has 0 aliphatic heterocycles. The van der Waals surface area contributed by atoms with Gasteiger partial charge in [0.25, 0.3) is 10.1 Å². The molecule has 0 fully saturated rings. The number of carbonyl (C=O) groups excluding carboxylic acids is 1. The average molecular weight is 430 g/mol. The Morgan fingerprint density at radius 1 is 0.964 bits per heavy atom. The van der Waals surface area contributed by atoms with Crippen molar-refractivity contribution in [2.45, 2.75) is 24.9 Å². The van der Waals surface area contributed by atoms with Crippen molar-refractivity contribution >= 4 is 26.9 Å². The first-order valence-electron chi connectivity index (χ1n) is 7.38. The third kappa shape index (κ3) is 4.38. The third-order valence-corrected chi connectivity index (χ3v) is 4.57. The lowest BCUT2D eigenvalue weighted by Gasteiger charge is -2.35. The number of benzene rings is 2. The highest BCUT2D eigenvalue weighted by molar-refractivity contribution is 7.85. The SMILES string of the molecule is Cc1ccc2cc(C(=O)OC(CS(=O)(=O)O)(C(F)(F)F)C(F)(F)F)ccc2c1. The van der Waals surface area contributed by atoms with Gasteiger partial charge in [0.15, 0.2) is 0 Å². The van der Waals surface area contributed by atoms with Gasteiger partial charge in [-0.3, -0.25) is 4.55 Å². The maximum atomic E-state index is 13.2. The van der Waals surface area contributed by atoms with E-state index < -0.39 is 45.4 Å². The summed E-state index contributed by atoms with van der Waals surface area (Å²) in [5.41, 5.74) is -5.28. The van der Waals surface area contributed by atoms with E-state index in [4.69, 9.17) is 4.55 Å². The number of aryl methyl sites for hydroxylation is 1. The van der Waals surface area contributed by atoms with Crippen molar-refractivity contribution in [3.8, 4) is 0 Å². The molecule has 5 nitrogen and oxygen atoms in total. The maximum absolute atomic E-state index is 13.2. The van der Waals surface area contributed by atoms with E-state index in [2.05, 4.69) is 4.74 Å². The van der Waals surface area contributed by atoms with Gasteiger partial charge in [-0.1, -0.05) is 29.8 Å². The molecule has 1 N–H and O–H groups in total. The molecule has 28 heavy (non-hydrogen) atoms. The largest absolute Gasteiger partial charge is 0.438 e. The molecule has 12 heteroatoms. The number of carbonyl (C=O) groups is 1. The van der Waals surface area contributed by atoms with Gasteiger partial charge in [0.05, 0.1) is 5.56 Å². The fraction of sp³-hybridized carbons (Fsp3) is 0.312. The molecule has 0 aliphatic carbocycles. The molecule has 0 aromatic heterocycles. The van der Waals surface area contributed by atoms with E-state index in [1.165, 1.54) is 12.1 Å². The van der Waals surface area contributed by atoms with Gasteiger partial charge in [-0.15, -0.1) is 0 Å². The van der Waals surface area contributed by atoms with E-state index in [9.17, 15) is 39.6 Å². The van der Waals surface area contributed by atoms with Crippen LogP contribution in [0, 0.1) is 6.92 Å². The first-order valence-corrected chi connectivity index (χ1v) is 8.99. The fourth-order valence-electron chi connectivity index (χ4n) is 2.44. The Kier molecular flexibility index (Phi) is 5.43. The summed E-state index contributed by atoms with van der Waals surface area (Å²) in [6, 6.07) is 7.98. The van der Waals surface area contributed by atoms with Crippen LogP contribution in [-0.2, 0) is 14.9 Å². The molecule has 154 valence electrons. The van der Waals surface area contributed by atoms with Gasteiger partial charge >= 0.3 is 23.9 Å². The van der Waals surface area contributed by atoms with Crippen LogP contribution in [0.1, 0.15) is 15.9 Å². The molecule has 0 aliphatic rings. The molecule has 0 spiro atoms. The van der Waals surface area contributed by atoms with Gasteiger partial charge in [-0.05, 0) is 29.8 Å². The van der Waals surface area contributed by atoms with Crippen LogP contribution in [-0.4, -0.2) is 42.6 Å². The molecule has 0 saturated carbocycles. The van der Waals surface area contributed by atoms with Crippen LogP contribution in [0.15, 0.2) is 36.4 Å². The van der Waals surface area contributed by atoms with Crippen LogP contribution in [0.2, 0.25) is 0 Å². The second-order valence-corrected chi connectivity index (χ2v) is 7.46. The fourth-order valence-corrected chi connectivity index (χ4v) is 3.34. The Labute approximate surface area is 154 Å². The molecule has 0 amide bonds. The zero-order valence-corrected chi connectivity index (χ0v) is 14.7. The van der Waals surface area contributed by atoms with Gasteiger partial charge in [-0.25, -0.2) is 4.79 Å². The Morgan fingerprint density at radius 3 is 1.96 bits per heavy atom. The van der Waals surface area contributed by atoms with Crippen molar-refractivity contribution in [2.75, 3.05) is 5.75 Å². The van der Waals surface area contributed by atoms with E-state index in [1.54, 1.807) is 19.1 Å². The molecule has 2 rings (SSSR count). The highest BCUT2D eigenvalue weighted by atomic mass is 32.2. The van der Waals surface area contributed by atoms with E-state index in [-0.39, 0.29) is 0 Å². The van der Waals surface area contributed by atoms with E-state index in [1.807, 2.05) is 0 Å². The Balaban J connectivity index is 2.54. The number of ether oxygens (including phenoxy) is 1. The summed E-state index contributed by atoms with van der Waals surface area (Å²) in [5.74, 6) is -4.98. The first kappa shape index (κ1) is 22.0. The normalized spacial score (nSPS) is 13.6. The molecule has 2 aromatic rings. The lowest BCUT2D eigenvalue weighted by Crippen LogP contribution is -2.63. The molecule has 0 heterocycles. The van der Waals surface area contributed by atoms with Gasteiger partial charge in [0.1, 0.15) is 5.75 Å². The van der Waals surface area contributed by atoms with Gasteiger partial charge in [0, 0.05) is 0 Å². The third-order valence-electron chi connectivity index (χ3n) is 3.80. The molecule has 2 aromatic carbocycles. The standard InChI is InChI=1S/C16H12F6O5S/c1-9-2-3-11-7-12(5-4-10(11)6-9)13(23)27-14(15(17,18)19,16(20,21)22)8-28(24,25)26/h2-7H,8H2,1H3,(H,24,25,26). The molecule has 0 radical (unpaired) electrons. The summed E-state index contributed by atoms with van der Waals surface area (Å²) >= 11 is 0. The van der Waals surface area contributed by atoms with E-state index in [0.29, 0.717) is 10.8 Å². The number of halogens is 6. The highest BCUT2D eigenvalue weighted by Crippen LogP contribution is 2.47. The lowest BCUT2D eigenvalue weighted by atomic mass is 10.0. The van der Waals surface area contributed by atoms with Crippen molar-refractivity contribution in [3.63, 3.8) is 0 Å². The predicted molar refractivity (Wildman–Crippen MR) is 85.4 cm³/mol. The Bertz CT molecular complexity index is 996. The summed E-state index contributed by atoms with van der Waals surface area (Å²) in [7, 11) is -5.83. The second-order valence-electron chi connectivity index (χ2n) is 6.00. The van der Waals surface area contributed by atoms with Crippen LogP contribution in [0.5, 0.6) is 0 Å². The minimum atomic E-state index is -6.37. The molecular weight excluding hydrogens is 418 g/mol. The summed E-state index contributed by atoms with van der Waals surface area (Å²) < 4.78 is 113. The molecule has 0 saturated heterocycles. The van der Waals surface area contributed by atoms with Crippen molar-refractivity contribution < 1.29 is 48.8 Å². The number of alkyl halides is 6. The minimum Gasteiger partial charge on any atom is -0.435 e. The van der Waals surface area contributed by atoms with Crippen molar-refractivity contribution in [3.05, 3.63) is 47.5 Å². The number of hydrogen-bond acceptors (Lipinski definition) is 4. The first-order chi connectivity index (χ1) is 12.6. The smallest absolute Gasteiger partial charge is 0.435 e. The number of hydrogen-bond donors (Lipinski definition) is 1.